The molecule has 0 amide bonds. The van der Waals surface area contributed by atoms with Crippen molar-refractivity contribution < 1.29 is 0 Å². The molecule has 0 aromatic carbocycles. The molecule has 1 unspecified atom stereocenters. The molecule has 0 spiro atoms. The summed E-state index contributed by atoms with van der Waals surface area (Å²) in [7, 11) is 0. The molecule has 0 aromatic heterocycles. The molecule has 64 valence electrons. The van der Waals surface area contributed by atoms with Crippen LogP contribution in [0.25, 0.3) is 0 Å². The maximum Gasteiger partial charge on any atom is 0.0709 e. The molecule has 2 aliphatic rings. The van der Waals surface area contributed by atoms with Crippen LogP contribution < -0.4 is 0 Å². The third-order valence-electron chi connectivity index (χ3n) is 2.44. The van der Waals surface area contributed by atoms with Gasteiger partial charge in [0.15, 0.2) is 0 Å². The Morgan fingerprint density at radius 3 is 3.00 bits per heavy atom. The lowest BCUT2D eigenvalue weighted by molar-refractivity contribution is 0.628. The summed E-state index contributed by atoms with van der Waals surface area (Å²) in [6.45, 7) is 0.862. The molecule has 0 saturated heterocycles. The highest BCUT2D eigenvalue weighted by Gasteiger charge is 2.14. The van der Waals surface area contributed by atoms with Crippen molar-refractivity contribution in [3.63, 3.8) is 0 Å². The van der Waals surface area contributed by atoms with E-state index >= 15 is 0 Å². The summed E-state index contributed by atoms with van der Waals surface area (Å²) in [6, 6.07) is 0.477. The van der Waals surface area contributed by atoms with Crippen molar-refractivity contribution in [2.24, 2.45) is 9.98 Å². The predicted molar refractivity (Wildman–Crippen MR) is 52.2 cm³/mol. The van der Waals surface area contributed by atoms with E-state index in [0.29, 0.717) is 6.04 Å². The Morgan fingerprint density at radius 2 is 2.33 bits per heavy atom. The van der Waals surface area contributed by atoms with Crippen molar-refractivity contribution >= 4 is 12.4 Å². The molecule has 2 aliphatic heterocycles. The van der Waals surface area contributed by atoms with Crippen LogP contribution in [0.1, 0.15) is 25.7 Å². The second kappa shape index (κ2) is 3.65. The number of nitrogens with zero attached hydrogens (tertiary/aromatic N) is 2. The summed E-state index contributed by atoms with van der Waals surface area (Å²) in [5.74, 6) is 0. The lowest BCUT2D eigenvalue weighted by Crippen LogP contribution is -2.14. The third-order valence-corrected chi connectivity index (χ3v) is 2.44. The summed E-state index contributed by atoms with van der Waals surface area (Å²) in [6.07, 6.45) is 11.0. The first kappa shape index (κ1) is 7.71. The highest BCUT2D eigenvalue weighted by atomic mass is 14.8. The van der Waals surface area contributed by atoms with E-state index in [0.717, 1.165) is 19.4 Å². The molecule has 2 nitrogen and oxygen atoms in total. The van der Waals surface area contributed by atoms with Crippen LogP contribution in [0.2, 0.25) is 0 Å². The monoisotopic (exact) mass is 162 g/mol. The van der Waals surface area contributed by atoms with E-state index in [1.807, 2.05) is 6.21 Å². The lowest BCUT2D eigenvalue weighted by Gasteiger charge is -2.19. The third kappa shape index (κ3) is 1.63. The molecule has 0 bridgehead atoms. The van der Waals surface area contributed by atoms with Gasteiger partial charge in [-0.05, 0) is 31.1 Å². The van der Waals surface area contributed by atoms with Crippen LogP contribution in [-0.4, -0.2) is 25.0 Å². The van der Waals surface area contributed by atoms with Crippen LogP contribution in [0.3, 0.4) is 0 Å². The van der Waals surface area contributed by atoms with Gasteiger partial charge in [-0.15, -0.1) is 0 Å². The van der Waals surface area contributed by atoms with Crippen LogP contribution in [0.5, 0.6) is 0 Å². The van der Waals surface area contributed by atoms with Crippen LogP contribution in [0.15, 0.2) is 21.6 Å². The maximum absolute atomic E-state index is 4.50. The SMILES string of the molecule is C1=NCC=C(C2CCCC=N2)C1. The Labute approximate surface area is 73.1 Å². The van der Waals surface area contributed by atoms with Crippen LogP contribution >= 0.6 is 0 Å². The topological polar surface area (TPSA) is 24.7 Å². The van der Waals surface area contributed by atoms with Crippen molar-refractivity contribution in [3.05, 3.63) is 11.6 Å². The Hall–Kier alpha value is -0.920. The van der Waals surface area contributed by atoms with Crippen molar-refractivity contribution in [2.75, 3.05) is 6.54 Å². The molecule has 0 saturated carbocycles. The molecule has 0 fully saturated rings. The molecule has 0 aromatic rings. The first-order valence-corrected chi connectivity index (χ1v) is 4.65. The molecule has 2 heteroatoms. The van der Waals surface area contributed by atoms with E-state index in [1.165, 1.54) is 18.4 Å². The molecule has 0 radical (unpaired) electrons. The molecule has 2 heterocycles. The van der Waals surface area contributed by atoms with Gasteiger partial charge in [0.25, 0.3) is 0 Å². The van der Waals surface area contributed by atoms with E-state index in [9.17, 15) is 0 Å². The molecule has 0 aliphatic carbocycles. The summed E-state index contributed by atoms with van der Waals surface area (Å²) in [5.41, 5.74) is 1.47. The number of aliphatic imine (C=N–C) groups is 2. The Kier molecular flexibility index (Phi) is 2.35. The summed E-state index contributed by atoms with van der Waals surface area (Å²) in [4.78, 5) is 8.67. The average Bonchev–Trinajstić information content (AvgIpc) is 2.21. The fraction of sp³-hybridized carbons (Fsp3) is 0.600. The number of hydrogen-bond donors (Lipinski definition) is 0. The van der Waals surface area contributed by atoms with Gasteiger partial charge >= 0.3 is 0 Å². The van der Waals surface area contributed by atoms with Gasteiger partial charge in [0, 0.05) is 12.6 Å². The number of dihydropyridines is 1. The van der Waals surface area contributed by atoms with E-state index in [1.54, 1.807) is 0 Å². The molecule has 12 heavy (non-hydrogen) atoms. The molecule has 1 atom stereocenters. The molecule has 0 N–H and O–H groups in total. The van der Waals surface area contributed by atoms with Crippen molar-refractivity contribution in [1.82, 2.24) is 0 Å². The summed E-state index contributed by atoms with van der Waals surface area (Å²) < 4.78 is 0. The van der Waals surface area contributed by atoms with Crippen LogP contribution in [0, 0.1) is 0 Å². The first-order valence-electron chi connectivity index (χ1n) is 4.65. The van der Waals surface area contributed by atoms with Crippen molar-refractivity contribution in [3.8, 4) is 0 Å². The Morgan fingerprint density at radius 1 is 1.33 bits per heavy atom. The van der Waals surface area contributed by atoms with E-state index in [4.69, 9.17) is 0 Å². The van der Waals surface area contributed by atoms with Gasteiger partial charge < -0.3 is 0 Å². The van der Waals surface area contributed by atoms with Crippen molar-refractivity contribution in [1.29, 1.82) is 0 Å². The first-order chi connectivity index (χ1) is 5.97. The Balaban J connectivity index is 2.03. The zero-order chi connectivity index (χ0) is 8.23. The fourth-order valence-corrected chi connectivity index (χ4v) is 1.73. The van der Waals surface area contributed by atoms with Crippen molar-refractivity contribution in [2.45, 2.75) is 31.7 Å². The van der Waals surface area contributed by atoms with Gasteiger partial charge in [-0.25, -0.2) is 0 Å². The van der Waals surface area contributed by atoms with Gasteiger partial charge in [0.2, 0.25) is 0 Å². The minimum atomic E-state index is 0.477. The standard InChI is InChI=1S/C10H14N2/c1-2-6-12-10(3-1)9-4-7-11-8-5-9/h4,6,8,10H,1-3,5,7H2. The second-order valence-corrected chi connectivity index (χ2v) is 3.31. The highest BCUT2D eigenvalue weighted by Crippen LogP contribution is 2.20. The van der Waals surface area contributed by atoms with Gasteiger partial charge in [0.1, 0.15) is 0 Å². The second-order valence-electron chi connectivity index (χ2n) is 3.31. The smallest absolute Gasteiger partial charge is 0.0709 e. The predicted octanol–water partition coefficient (Wildman–Crippen LogP) is 2.01. The molecular formula is C10H14N2. The van der Waals surface area contributed by atoms with E-state index in [2.05, 4.69) is 22.3 Å². The number of hydrogen-bond acceptors (Lipinski definition) is 2. The van der Waals surface area contributed by atoms with E-state index in [-0.39, 0.29) is 0 Å². The maximum atomic E-state index is 4.50. The zero-order valence-corrected chi connectivity index (χ0v) is 7.24. The zero-order valence-electron chi connectivity index (χ0n) is 7.24. The fourth-order valence-electron chi connectivity index (χ4n) is 1.73. The van der Waals surface area contributed by atoms with Gasteiger partial charge in [-0.2, -0.15) is 0 Å². The summed E-state index contributed by atoms with van der Waals surface area (Å²) >= 11 is 0. The van der Waals surface area contributed by atoms with Gasteiger partial charge in [-0.1, -0.05) is 6.08 Å². The average molecular weight is 162 g/mol. The van der Waals surface area contributed by atoms with Gasteiger partial charge in [0.05, 0.1) is 12.6 Å². The largest absolute Gasteiger partial charge is 0.293 e. The van der Waals surface area contributed by atoms with Crippen LogP contribution in [-0.2, 0) is 0 Å². The minimum Gasteiger partial charge on any atom is -0.293 e. The quantitative estimate of drug-likeness (QED) is 0.527. The van der Waals surface area contributed by atoms with Crippen LogP contribution in [0.4, 0.5) is 0 Å². The minimum absolute atomic E-state index is 0.477. The van der Waals surface area contributed by atoms with E-state index < -0.39 is 0 Å². The Bertz CT molecular complexity index is 238. The summed E-state index contributed by atoms with van der Waals surface area (Å²) in [5, 5.41) is 0. The number of rotatable bonds is 1. The van der Waals surface area contributed by atoms with Gasteiger partial charge in [-0.3, -0.25) is 9.98 Å². The lowest BCUT2D eigenvalue weighted by atomic mass is 9.96. The normalized spacial score (nSPS) is 28.7. The highest BCUT2D eigenvalue weighted by molar-refractivity contribution is 5.65. The molecular weight excluding hydrogens is 148 g/mol. The molecule has 2 rings (SSSR count).